The van der Waals surface area contributed by atoms with Gasteiger partial charge in [-0.2, -0.15) is 0 Å². The van der Waals surface area contributed by atoms with Crippen LogP contribution in [0.3, 0.4) is 0 Å². The first-order chi connectivity index (χ1) is 9.06. The van der Waals surface area contributed by atoms with Crippen molar-refractivity contribution >= 4 is 17.7 Å². The molecule has 0 radical (unpaired) electrons. The summed E-state index contributed by atoms with van der Waals surface area (Å²) in [5, 5.41) is 10.7. The lowest BCUT2D eigenvalue weighted by molar-refractivity contribution is -0.384. The third-order valence-electron chi connectivity index (χ3n) is 2.38. The van der Waals surface area contributed by atoms with E-state index in [2.05, 4.69) is 0 Å². The zero-order valence-corrected chi connectivity index (χ0v) is 9.78. The fraction of sp³-hybridized carbons (Fsp3) is 0. The lowest BCUT2D eigenvalue weighted by atomic mass is 10.1. The number of nitrogens with zero attached hydrogens (tertiary/aromatic N) is 1. The van der Waals surface area contributed by atoms with Crippen LogP contribution in [-0.2, 0) is 4.79 Å². The standard InChI is InChI=1S/C13H10N2O4/c14-13(16)7-5-11-4-6-12(19-11)9-2-1-3-10(8-9)15(17)18/h1-8H,(H2,14,16)/b7-5-. The minimum Gasteiger partial charge on any atom is -0.457 e. The molecule has 0 atom stereocenters. The van der Waals surface area contributed by atoms with E-state index in [0.717, 1.165) is 0 Å². The molecule has 0 bridgehead atoms. The first-order valence-electron chi connectivity index (χ1n) is 5.38. The van der Waals surface area contributed by atoms with Crippen LogP contribution in [0.5, 0.6) is 0 Å². The molecular weight excluding hydrogens is 248 g/mol. The van der Waals surface area contributed by atoms with Gasteiger partial charge in [0.25, 0.3) is 5.69 Å². The number of non-ortho nitro benzene ring substituents is 1. The van der Waals surface area contributed by atoms with E-state index in [1.54, 1.807) is 24.3 Å². The SMILES string of the molecule is NC(=O)/C=C\c1ccc(-c2cccc([N+](=O)[O-])c2)o1. The molecule has 2 N–H and O–H groups in total. The highest BCUT2D eigenvalue weighted by atomic mass is 16.6. The quantitative estimate of drug-likeness (QED) is 0.516. The second-order valence-corrected chi connectivity index (χ2v) is 3.75. The third-order valence-corrected chi connectivity index (χ3v) is 2.38. The fourth-order valence-electron chi connectivity index (χ4n) is 1.53. The third kappa shape index (κ3) is 3.06. The van der Waals surface area contributed by atoms with E-state index < -0.39 is 10.8 Å². The molecule has 1 aromatic heterocycles. The van der Waals surface area contributed by atoms with Crippen LogP contribution in [0.2, 0.25) is 0 Å². The maximum absolute atomic E-state index is 10.7. The molecule has 1 aromatic carbocycles. The van der Waals surface area contributed by atoms with Crippen molar-refractivity contribution in [3.8, 4) is 11.3 Å². The first kappa shape index (κ1) is 12.6. The number of rotatable bonds is 4. The summed E-state index contributed by atoms with van der Waals surface area (Å²) in [5.41, 5.74) is 5.55. The first-order valence-corrected chi connectivity index (χ1v) is 5.38. The molecule has 6 heteroatoms. The summed E-state index contributed by atoms with van der Waals surface area (Å²) in [7, 11) is 0. The van der Waals surface area contributed by atoms with Crippen molar-refractivity contribution < 1.29 is 14.1 Å². The van der Waals surface area contributed by atoms with Gasteiger partial charge in [-0.1, -0.05) is 12.1 Å². The molecule has 0 aliphatic carbocycles. The molecular formula is C13H10N2O4. The molecule has 0 aliphatic heterocycles. The van der Waals surface area contributed by atoms with Crippen molar-refractivity contribution in [2.24, 2.45) is 5.73 Å². The van der Waals surface area contributed by atoms with Crippen LogP contribution in [0.4, 0.5) is 5.69 Å². The number of furan rings is 1. The molecule has 0 unspecified atom stereocenters. The zero-order chi connectivity index (χ0) is 13.8. The number of hydrogen-bond donors (Lipinski definition) is 1. The summed E-state index contributed by atoms with van der Waals surface area (Å²) in [5.74, 6) is 0.349. The Morgan fingerprint density at radius 2 is 2.11 bits per heavy atom. The van der Waals surface area contributed by atoms with Crippen molar-refractivity contribution in [3.63, 3.8) is 0 Å². The molecule has 1 amide bonds. The fourth-order valence-corrected chi connectivity index (χ4v) is 1.53. The summed E-state index contributed by atoms with van der Waals surface area (Å²) < 4.78 is 5.44. The van der Waals surface area contributed by atoms with Gasteiger partial charge < -0.3 is 10.2 Å². The van der Waals surface area contributed by atoms with Crippen LogP contribution in [0.25, 0.3) is 17.4 Å². The Hall–Kier alpha value is -2.89. The maximum atomic E-state index is 10.7. The van der Waals surface area contributed by atoms with Crippen molar-refractivity contribution in [1.29, 1.82) is 0 Å². The minimum absolute atomic E-state index is 0.0110. The van der Waals surface area contributed by atoms with Gasteiger partial charge in [0.2, 0.25) is 5.91 Å². The van der Waals surface area contributed by atoms with Crippen molar-refractivity contribution in [1.82, 2.24) is 0 Å². The Balaban J connectivity index is 2.30. The van der Waals surface area contributed by atoms with Gasteiger partial charge in [0, 0.05) is 23.8 Å². The molecule has 1 heterocycles. The molecule has 0 fully saturated rings. The van der Waals surface area contributed by atoms with E-state index in [4.69, 9.17) is 10.2 Å². The number of amides is 1. The summed E-state index contributed by atoms with van der Waals surface area (Å²) in [6.45, 7) is 0. The van der Waals surface area contributed by atoms with E-state index >= 15 is 0 Å². The van der Waals surface area contributed by atoms with E-state index in [1.165, 1.54) is 24.3 Å². The Labute approximate surface area is 108 Å². The molecule has 0 spiro atoms. The summed E-state index contributed by atoms with van der Waals surface area (Å²) >= 11 is 0. The summed E-state index contributed by atoms with van der Waals surface area (Å²) in [6.07, 6.45) is 2.61. The highest BCUT2D eigenvalue weighted by Gasteiger charge is 2.09. The highest BCUT2D eigenvalue weighted by Crippen LogP contribution is 2.26. The van der Waals surface area contributed by atoms with Crippen LogP contribution < -0.4 is 5.73 Å². The predicted molar refractivity (Wildman–Crippen MR) is 69.0 cm³/mol. The lowest BCUT2D eigenvalue weighted by Gasteiger charge is -1.96. The van der Waals surface area contributed by atoms with Gasteiger partial charge in [-0.05, 0) is 18.2 Å². The molecule has 2 rings (SSSR count). The highest BCUT2D eigenvalue weighted by molar-refractivity contribution is 5.89. The van der Waals surface area contributed by atoms with E-state index in [1.807, 2.05) is 0 Å². The normalized spacial score (nSPS) is 10.7. The molecule has 2 aromatic rings. The van der Waals surface area contributed by atoms with E-state index in [9.17, 15) is 14.9 Å². The Kier molecular flexibility index (Phi) is 3.42. The van der Waals surface area contributed by atoms with Crippen LogP contribution in [-0.4, -0.2) is 10.8 Å². The molecule has 0 saturated heterocycles. The number of nitro benzene ring substituents is 1. The van der Waals surface area contributed by atoms with Gasteiger partial charge in [0.1, 0.15) is 11.5 Å². The Morgan fingerprint density at radius 3 is 2.79 bits per heavy atom. The molecule has 0 saturated carbocycles. The number of hydrogen-bond acceptors (Lipinski definition) is 4. The topological polar surface area (TPSA) is 99.4 Å². The average molecular weight is 258 g/mol. The number of carbonyl (C=O) groups is 1. The largest absolute Gasteiger partial charge is 0.457 e. The number of carbonyl (C=O) groups excluding carboxylic acids is 1. The van der Waals surface area contributed by atoms with Gasteiger partial charge in [-0.25, -0.2) is 0 Å². The van der Waals surface area contributed by atoms with Gasteiger partial charge in [0.15, 0.2) is 0 Å². The van der Waals surface area contributed by atoms with Crippen molar-refractivity contribution in [2.45, 2.75) is 0 Å². The molecule has 19 heavy (non-hydrogen) atoms. The monoisotopic (exact) mass is 258 g/mol. The Morgan fingerprint density at radius 1 is 1.32 bits per heavy atom. The van der Waals surface area contributed by atoms with Crippen LogP contribution in [0, 0.1) is 10.1 Å². The van der Waals surface area contributed by atoms with E-state index in [0.29, 0.717) is 17.1 Å². The van der Waals surface area contributed by atoms with Gasteiger partial charge in [0.05, 0.1) is 4.92 Å². The zero-order valence-electron chi connectivity index (χ0n) is 9.78. The van der Waals surface area contributed by atoms with Crippen molar-refractivity contribution in [2.75, 3.05) is 0 Å². The van der Waals surface area contributed by atoms with Gasteiger partial charge >= 0.3 is 0 Å². The van der Waals surface area contributed by atoms with Crippen LogP contribution in [0.15, 0.2) is 46.9 Å². The lowest BCUT2D eigenvalue weighted by Crippen LogP contribution is -2.04. The molecule has 0 aliphatic rings. The second kappa shape index (κ2) is 5.18. The molecule has 6 nitrogen and oxygen atoms in total. The van der Waals surface area contributed by atoms with E-state index in [-0.39, 0.29) is 5.69 Å². The number of primary amides is 1. The number of nitro groups is 1. The Bertz CT molecular complexity index is 658. The predicted octanol–water partition coefficient (Wildman–Crippen LogP) is 2.35. The minimum atomic E-state index is -0.576. The summed E-state index contributed by atoms with van der Waals surface area (Å²) in [6, 6.07) is 9.41. The number of benzene rings is 1. The van der Waals surface area contributed by atoms with Crippen molar-refractivity contribution in [3.05, 3.63) is 58.3 Å². The summed E-state index contributed by atoms with van der Waals surface area (Å²) in [4.78, 5) is 20.8. The smallest absolute Gasteiger partial charge is 0.270 e. The average Bonchev–Trinajstić information content (AvgIpc) is 2.85. The molecule has 96 valence electrons. The van der Waals surface area contributed by atoms with Gasteiger partial charge in [-0.15, -0.1) is 0 Å². The number of nitrogens with two attached hydrogens (primary N) is 1. The van der Waals surface area contributed by atoms with Crippen LogP contribution in [0.1, 0.15) is 5.76 Å². The van der Waals surface area contributed by atoms with Gasteiger partial charge in [-0.3, -0.25) is 14.9 Å². The maximum Gasteiger partial charge on any atom is 0.270 e. The van der Waals surface area contributed by atoms with Crippen LogP contribution >= 0.6 is 0 Å². The second-order valence-electron chi connectivity index (χ2n) is 3.75.